The maximum Gasteiger partial charge on any atom is 0.133 e. The predicted molar refractivity (Wildman–Crippen MR) is 71.8 cm³/mol. The Morgan fingerprint density at radius 2 is 1.72 bits per heavy atom. The van der Waals surface area contributed by atoms with Crippen LogP contribution in [-0.4, -0.2) is 15.0 Å². The van der Waals surface area contributed by atoms with Crippen LogP contribution < -0.4 is 5.32 Å². The highest BCUT2D eigenvalue weighted by Gasteiger charge is 2.01. The normalized spacial score (nSPS) is 10.5. The van der Waals surface area contributed by atoms with Gasteiger partial charge in [-0.15, -0.1) is 0 Å². The van der Waals surface area contributed by atoms with Gasteiger partial charge in [-0.05, 0) is 36.8 Å². The van der Waals surface area contributed by atoms with Crippen molar-refractivity contribution in [3.8, 4) is 0 Å². The molecule has 88 valence electrons. The van der Waals surface area contributed by atoms with Gasteiger partial charge in [0.1, 0.15) is 5.82 Å². The first-order valence-electron chi connectivity index (χ1n) is 5.72. The van der Waals surface area contributed by atoms with Crippen LogP contribution >= 0.6 is 0 Å². The first-order chi connectivity index (χ1) is 8.83. The van der Waals surface area contributed by atoms with Crippen LogP contribution in [0.25, 0.3) is 11.0 Å². The number of pyridine rings is 1. The maximum absolute atomic E-state index is 4.31. The first kappa shape index (κ1) is 10.7. The van der Waals surface area contributed by atoms with Gasteiger partial charge in [0.05, 0.1) is 11.0 Å². The van der Waals surface area contributed by atoms with Crippen molar-refractivity contribution in [1.82, 2.24) is 15.0 Å². The Balaban J connectivity index is 1.98. The molecule has 0 saturated carbocycles. The van der Waals surface area contributed by atoms with Crippen molar-refractivity contribution in [2.45, 2.75) is 6.92 Å². The monoisotopic (exact) mass is 236 g/mol. The lowest BCUT2D eigenvalue weighted by Crippen LogP contribution is -1.96. The van der Waals surface area contributed by atoms with Gasteiger partial charge in [0.25, 0.3) is 0 Å². The van der Waals surface area contributed by atoms with Crippen molar-refractivity contribution in [2.75, 3.05) is 5.32 Å². The fraction of sp³-hybridized carbons (Fsp3) is 0.0714. The van der Waals surface area contributed by atoms with E-state index in [9.17, 15) is 0 Å². The number of hydrogen-bond acceptors (Lipinski definition) is 4. The molecule has 18 heavy (non-hydrogen) atoms. The predicted octanol–water partition coefficient (Wildman–Crippen LogP) is 3.08. The molecule has 3 rings (SSSR count). The second-order valence-electron chi connectivity index (χ2n) is 4.05. The highest BCUT2D eigenvalue weighted by Crippen LogP contribution is 2.20. The van der Waals surface area contributed by atoms with Gasteiger partial charge in [-0.25, -0.2) is 4.98 Å². The third-order valence-corrected chi connectivity index (χ3v) is 2.74. The van der Waals surface area contributed by atoms with Crippen LogP contribution in [0.15, 0.2) is 48.9 Å². The van der Waals surface area contributed by atoms with E-state index in [1.807, 2.05) is 37.3 Å². The molecule has 1 N–H and O–H groups in total. The maximum atomic E-state index is 4.31. The average Bonchev–Trinajstić information content (AvgIpc) is 2.41. The summed E-state index contributed by atoms with van der Waals surface area (Å²) in [5, 5.41) is 3.29. The Bertz CT molecular complexity index is 694. The van der Waals surface area contributed by atoms with Crippen molar-refractivity contribution >= 4 is 22.5 Å². The van der Waals surface area contributed by atoms with E-state index in [2.05, 4.69) is 20.3 Å². The van der Waals surface area contributed by atoms with Crippen LogP contribution in [0.1, 0.15) is 5.56 Å². The highest BCUT2D eigenvalue weighted by atomic mass is 15.0. The molecule has 1 aromatic carbocycles. The highest BCUT2D eigenvalue weighted by molar-refractivity contribution is 5.79. The number of aryl methyl sites for hydroxylation is 1. The molecule has 0 unspecified atom stereocenters. The van der Waals surface area contributed by atoms with Crippen molar-refractivity contribution in [3.05, 3.63) is 54.5 Å². The number of aromatic nitrogens is 3. The molecule has 0 atom stereocenters. The Hall–Kier alpha value is -2.49. The quantitative estimate of drug-likeness (QED) is 0.742. The van der Waals surface area contributed by atoms with Gasteiger partial charge in [-0.1, -0.05) is 6.07 Å². The lowest BCUT2D eigenvalue weighted by Gasteiger charge is -2.08. The minimum Gasteiger partial charge on any atom is -0.340 e. The Morgan fingerprint density at radius 3 is 2.56 bits per heavy atom. The van der Waals surface area contributed by atoms with Gasteiger partial charge in [-0.3, -0.25) is 9.97 Å². The second kappa shape index (κ2) is 4.41. The lowest BCUT2D eigenvalue weighted by atomic mass is 10.2. The van der Waals surface area contributed by atoms with E-state index in [0.29, 0.717) is 0 Å². The molecule has 0 amide bonds. The molecule has 0 fully saturated rings. The molecule has 0 aliphatic heterocycles. The van der Waals surface area contributed by atoms with Crippen LogP contribution in [0, 0.1) is 6.92 Å². The van der Waals surface area contributed by atoms with E-state index >= 15 is 0 Å². The van der Waals surface area contributed by atoms with Gasteiger partial charge in [0, 0.05) is 24.3 Å². The second-order valence-corrected chi connectivity index (χ2v) is 4.05. The van der Waals surface area contributed by atoms with Crippen LogP contribution in [0.2, 0.25) is 0 Å². The summed E-state index contributed by atoms with van der Waals surface area (Å²) in [6.45, 7) is 2.02. The van der Waals surface area contributed by atoms with Crippen molar-refractivity contribution in [1.29, 1.82) is 0 Å². The van der Waals surface area contributed by atoms with Crippen LogP contribution in [0.5, 0.6) is 0 Å². The average molecular weight is 236 g/mol. The summed E-state index contributed by atoms with van der Waals surface area (Å²) >= 11 is 0. The van der Waals surface area contributed by atoms with Crippen LogP contribution in [-0.2, 0) is 0 Å². The molecule has 0 bridgehead atoms. The fourth-order valence-electron chi connectivity index (χ4n) is 1.79. The lowest BCUT2D eigenvalue weighted by molar-refractivity contribution is 1.25. The molecule has 2 heterocycles. The zero-order chi connectivity index (χ0) is 12.4. The third kappa shape index (κ3) is 2.00. The van der Waals surface area contributed by atoms with Gasteiger partial charge in [0.15, 0.2) is 0 Å². The molecule has 4 heteroatoms. The number of nitrogens with zero attached hydrogens (tertiary/aromatic N) is 3. The number of nitrogens with one attached hydrogen (secondary N) is 1. The van der Waals surface area contributed by atoms with E-state index in [4.69, 9.17) is 0 Å². The molecule has 2 aromatic heterocycles. The molecule has 4 nitrogen and oxygen atoms in total. The Kier molecular flexibility index (Phi) is 2.61. The van der Waals surface area contributed by atoms with Crippen LogP contribution in [0.4, 0.5) is 11.5 Å². The standard InChI is InChI=1S/C14H12N4/c1-10-3-2-6-17-14(10)18-11-4-5-12-13(9-11)16-8-7-15-12/h2-9H,1H3,(H,17,18). The Labute approximate surface area is 105 Å². The Morgan fingerprint density at radius 1 is 0.889 bits per heavy atom. The summed E-state index contributed by atoms with van der Waals surface area (Å²) in [5.74, 6) is 0.862. The summed E-state index contributed by atoms with van der Waals surface area (Å²) in [7, 11) is 0. The van der Waals surface area contributed by atoms with Gasteiger partial charge >= 0.3 is 0 Å². The number of anilines is 2. The molecule has 0 aliphatic carbocycles. The van der Waals surface area contributed by atoms with Gasteiger partial charge in [-0.2, -0.15) is 0 Å². The molecule has 0 spiro atoms. The zero-order valence-electron chi connectivity index (χ0n) is 9.96. The fourth-order valence-corrected chi connectivity index (χ4v) is 1.79. The van der Waals surface area contributed by atoms with E-state index in [0.717, 1.165) is 28.1 Å². The van der Waals surface area contributed by atoms with Crippen molar-refractivity contribution in [3.63, 3.8) is 0 Å². The number of hydrogen-bond donors (Lipinski definition) is 1. The molecule has 0 aliphatic rings. The molecular formula is C14H12N4. The van der Waals surface area contributed by atoms with Crippen LogP contribution in [0.3, 0.4) is 0 Å². The van der Waals surface area contributed by atoms with E-state index < -0.39 is 0 Å². The van der Waals surface area contributed by atoms with E-state index in [-0.39, 0.29) is 0 Å². The number of fused-ring (bicyclic) bond motifs is 1. The molecule has 3 aromatic rings. The SMILES string of the molecule is Cc1cccnc1Nc1ccc2nccnc2c1. The summed E-state index contributed by atoms with van der Waals surface area (Å²) in [6, 6.07) is 9.84. The van der Waals surface area contributed by atoms with Crippen molar-refractivity contribution in [2.24, 2.45) is 0 Å². The topological polar surface area (TPSA) is 50.7 Å². The minimum atomic E-state index is 0.862. The minimum absolute atomic E-state index is 0.862. The van der Waals surface area contributed by atoms with E-state index in [1.54, 1.807) is 18.6 Å². The summed E-state index contributed by atoms with van der Waals surface area (Å²) < 4.78 is 0. The van der Waals surface area contributed by atoms with Gasteiger partial charge < -0.3 is 5.32 Å². The summed E-state index contributed by atoms with van der Waals surface area (Å²) in [5.41, 5.74) is 3.83. The van der Waals surface area contributed by atoms with Gasteiger partial charge in [0.2, 0.25) is 0 Å². The molecule has 0 saturated heterocycles. The molecule has 0 radical (unpaired) electrons. The largest absolute Gasteiger partial charge is 0.340 e. The zero-order valence-corrected chi connectivity index (χ0v) is 9.96. The smallest absolute Gasteiger partial charge is 0.133 e. The third-order valence-electron chi connectivity index (χ3n) is 2.74. The van der Waals surface area contributed by atoms with Crippen molar-refractivity contribution < 1.29 is 0 Å². The molecular weight excluding hydrogens is 224 g/mol. The first-order valence-corrected chi connectivity index (χ1v) is 5.72. The number of benzene rings is 1. The number of rotatable bonds is 2. The summed E-state index contributed by atoms with van der Waals surface area (Å²) in [4.78, 5) is 12.8. The summed E-state index contributed by atoms with van der Waals surface area (Å²) in [6.07, 6.45) is 5.16. The van der Waals surface area contributed by atoms with E-state index in [1.165, 1.54) is 0 Å².